The number of aliphatic carboxylic acids is 1. The van der Waals surface area contributed by atoms with Crippen LogP contribution in [-0.4, -0.2) is 35.0 Å². The van der Waals surface area contributed by atoms with Gasteiger partial charge in [-0.25, -0.2) is 0 Å². The summed E-state index contributed by atoms with van der Waals surface area (Å²) in [5, 5.41) is 8.56. The number of carboxylic acid groups (broad SMARTS) is 1. The Bertz CT molecular complexity index is 388. The van der Waals surface area contributed by atoms with E-state index >= 15 is 0 Å². The highest BCUT2D eigenvalue weighted by molar-refractivity contribution is 5.93. The second-order valence-corrected chi connectivity index (χ2v) is 2.74. The minimum absolute atomic E-state index is 0.0637. The van der Waals surface area contributed by atoms with Gasteiger partial charge in [-0.05, 0) is 12.1 Å². The number of rotatable bonds is 4. The van der Waals surface area contributed by atoms with Crippen molar-refractivity contribution in [2.24, 2.45) is 0 Å². The van der Waals surface area contributed by atoms with E-state index in [1.807, 2.05) is 0 Å². The quantitative estimate of drug-likeness (QED) is 0.727. The largest absolute Gasteiger partial charge is 0.480 e. The summed E-state index contributed by atoms with van der Waals surface area (Å²) in [5.41, 5.74) is 0. The average Bonchev–Trinajstić information content (AvgIpc) is 2.68. The molecule has 5 heteroatoms. The number of hydrogen-bond acceptors (Lipinski definition) is 3. The van der Waals surface area contributed by atoms with E-state index < -0.39 is 18.4 Å². The molecule has 0 bridgehead atoms. The molecule has 15 heavy (non-hydrogen) atoms. The number of hydrogen-bond donors (Lipinski definition) is 1. The van der Waals surface area contributed by atoms with E-state index in [9.17, 15) is 9.59 Å². The van der Waals surface area contributed by atoms with E-state index in [0.29, 0.717) is 0 Å². The van der Waals surface area contributed by atoms with E-state index in [1.165, 1.54) is 12.3 Å². The van der Waals surface area contributed by atoms with E-state index in [1.54, 1.807) is 6.07 Å². The van der Waals surface area contributed by atoms with Crippen molar-refractivity contribution >= 4 is 11.9 Å². The molecule has 1 amide bonds. The van der Waals surface area contributed by atoms with E-state index in [4.69, 9.17) is 15.9 Å². The first-order valence-electron chi connectivity index (χ1n) is 4.13. The summed E-state index contributed by atoms with van der Waals surface area (Å²) in [7, 11) is 0. The van der Waals surface area contributed by atoms with Gasteiger partial charge in [0.1, 0.15) is 6.54 Å². The Hall–Kier alpha value is -2.22. The molecule has 1 heterocycles. The molecule has 0 aliphatic heterocycles. The van der Waals surface area contributed by atoms with E-state index in [-0.39, 0.29) is 12.3 Å². The molecule has 0 fully saturated rings. The molecule has 0 aromatic carbocycles. The maximum absolute atomic E-state index is 11.6. The number of terminal acetylenes is 1. The molecule has 5 nitrogen and oxygen atoms in total. The predicted octanol–water partition coefficient (Wildman–Crippen LogP) is 0.440. The van der Waals surface area contributed by atoms with Gasteiger partial charge in [-0.15, -0.1) is 6.42 Å². The number of furan rings is 1. The summed E-state index contributed by atoms with van der Waals surface area (Å²) in [4.78, 5) is 23.1. The lowest BCUT2D eigenvalue weighted by molar-refractivity contribution is -0.137. The number of carboxylic acids is 1. The molecule has 0 aliphatic rings. The van der Waals surface area contributed by atoms with Gasteiger partial charge in [0, 0.05) is 0 Å². The van der Waals surface area contributed by atoms with Crippen molar-refractivity contribution in [1.29, 1.82) is 0 Å². The summed E-state index contributed by atoms with van der Waals surface area (Å²) in [6.07, 6.45) is 6.36. The topological polar surface area (TPSA) is 70.8 Å². The third-order valence-corrected chi connectivity index (χ3v) is 1.63. The van der Waals surface area contributed by atoms with Crippen LogP contribution in [0.25, 0.3) is 0 Å². The Labute approximate surface area is 86.3 Å². The minimum atomic E-state index is -1.12. The zero-order chi connectivity index (χ0) is 11.3. The molecule has 0 spiro atoms. The fourth-order valence-corrected chi connectivity index (χ4v) is 1.03. The third-order valence-electron chi connectivity index (χ3n) is 1.63. The first-order chi connectivity index (χ1) is 7.15. The van der Waals surface area contributed by atoms with Gasteiger partial charge in [0.05, 0.1) is 12.8 Å². The summed E-state index contributed by atoms with van der Waals surface area (Å²) < 4.78 is 4.85. The molecule has 0 saturated heterocycles. The molecule has 0 unspecified atom stereocenters. The fraction of sp³-hybridized carbons (Fsp3) is 0.200. The van der Waals surface area contributed by atoms with Gasteiger partial charge in [0.25, 0.3) is 5.91 Å². The maximum Gasteiger partial charge on any atom is 0.323 e. The van der Waals surface area contributed by atoms with Crippen molar-refractivity contribution in [3.63, 3.8) is 0 Å². The maximum atomic E-state index is 11.6. The second kappa shape index (κ2) is 4.86. The Morgan fingerprint density at radius 2 is 2.33 bits per heavy atom. The molecule has 1 N–H and O–H groups in total. The summed E-state index contributed by atoms with van der Waals surface area (Å²) in [6, 6.07) is 3.00. The number of carbonyl (C=O) groups excluding carboxylic acids is 1. The van der Waals surface area contributed by atoms with Crippen LogP contribution < -0.4 is 0 Å². The normalized spacial score (nSPS) is 9.27. The lowest BCUT2D eigenvalue weighted by Gasteiger charge is -2.15. The summed E-state index contributed by atoms with van der Waals surface area (Å²) >= 11 is 0. The van der Waals surface area contributed by atoms with Gasteiger partial charge in [0.15, 0.2) is 5.76 Å². The summed E-state index contributed by atoms with van der Waals surface area (Å²) in [5.74, 6) is 0.644. The number of amides is 1. The predicted molar refractivity (Wildman–Crippen MR) is 51.1 cm³/mol. The van der Waals surface area contributed by atoms with Crippen LogP contribution in [0.15, 0.2) is 22.8 Å². The molecular formula is C10H9NO4. The number of carbonyl (C=O) groups is 2. The number of nitrogens with zero attached hydrogens (tertiary/aromatic N) is 1. The van der Waals surface area contributed by atoms with Crippen molar-refractivity contribution in [1.82, 2.24) is 4.90 Å². The molecule has 78 valence electrons. The highest BCUT2D eigenvalue weighted by Gasteiger charge is 2.19. The van der Waals surface area contributed by atoms with Crippen LogP contribution in [-0.2, 0) is 4.79 Å². The van der Waals surface area contributed by atoms with E-state index in [0.717, 1.165) is 4.90 Å². The molecule has 1 rings (SSSR count). The van der Waals surface area contributed by atoms with Crippen LogP contribution in [0.5, 0.6) is 0 Å². The Balaban J connectivity index is 2.76. The first-order valence-corrected chi connectivity index (χ1v) is 4.13. The highest BCUT2D eigenvalue weighted by Crippen LogP contribution is 2.05. The summed E-state index contributed by atoms with van der Waals surface area (Å²) in [6.45, 7) is -0.504. The van der Waals surface area contributed by atoms with Crippen molar-refractivity contribution in [3.05, 3.63) is 24.2 Å². The van der Waals surface area contributed by atoms with Gasteiger partial charge in [-0.1, -0.05) is 5.92 Å². The van der Waals surface area contributed by atoms with Gasteiger partial charge in [-0.3, -0.25) is 9.59 Å². The van der Waals surface area contributed by atoms with Crippen LogP contribution in [0.2, 0.25) is 0 Å². The van der Waals surface area contributed by atoms with Gasteiger partial charge in [-0.2, -0.15) is 0 Å². The highest BCUT2D eigenvalue weighted by atomic mass is 16.4. The SMILES string of the molecule is C#CCN(CC(=O)O)C(=O)c1ccco1. The van der Waals surface area contributed by atoms with Crippen LogP contribution in [0, 0.1) is 12.3 Å². The monoisotopic (exact) mass is 207 g/mol. The molecule has 1 aromatic rings. The van der Waals surface area contributed by atoms with Crippen LogP contribution in [0.3, 0.4) is 0 Å². The molecular weight excluding hydrogens is 198 g/mol. The molecule has 0 saturated carbocycles. The first kappa shape index (κ1) is 10.9. The van der Waals surface area contributed by atoms with Crippen molar-refractivity contribution < 1.29 is 19.1 Å². The van der Waals surface area contributed by atoms with Crippen LogP contribution in [0.4, 0.5) is 0 Å². The molecule has 0 aliphatic carbocycles. The third kappa shape index (κ3) is 2.88. The standard InChI is InChI=1S/C10H9NO4/c1-2-5-11(7-9(12)13)10(14)8-4-3-6-15-8/h1,3-4,6H,5,7H2,(H,12,13). The van der Waals surface area contributed by atoms with Crippen LogP contribution in [0.1, 0.15) is 10.6 Å². The van der Waals surface area contributed by atoms with Gasteiger partial charge in [0.2, 0.25) is 0 Å². The Kier molecular flexibility index (Phi) is 3.52. The molecule has 0 atom stereocenters. The molecule has 1 aromatic heterocycles. The lowest BCUT2D eigenvalue weighted by atomic mass is 10.3. The van der Waals surface area contributed by atoms with Crippen LogP contribution >= 0.6 is 0 Å². The lowest BCUT2D eigenvalue weighted by Crippen LogP contribution is -2.35. The van der Waals surface area contributed by atoms with Crippen molar-refractivity contribution in [2.75, 3.05) is 13.1 Å². The van der Waals surface area contributed by atoms with Crippen molar-refractivity contribution in [2.45, 2.75) is 0 Å². The zero-order valence-electron chi connectivity index (χ0n) is 7.84. The van der Waals surface area contributed by atoms with Crippen molar-refractivity contribution in [3.8, 4) is 12.3 Å². The fourth-order valence-electron chi connectivity index (χ4n) is 1.03. The van der Waals surface area contributed by atoms with E-state index in [2.05, 4.69) is 5.92 Å². The van der Waals surface area contributed by atoms with Gasteiger partial charge >= 0.3 is 5.97 Å². The second-order valence-electron chi connectivity index (χ2n) is 2.74. The smallest absolute Gasteiger partial charge is 0.323 e. The van der Waals surface area contributed by atoms with Gasteiger partial charge < -0.3 is 14.4 Å². The minimum Gasteiger partial charge on any atom is -0.480 e. The average molecular weight is 207 g/mol. The Morgan fingerprint density at radius 1 is 1.60 bits per heavy atom. The molecule has 0 radical (unpaired) electrons. The Morgan fingerprint density at radius 3 is 2.80 bits per heavy atom. The zero-order valence-corrected chi connectivity index (χ0v) is 7.84.